The molecule has 3 nitrogen and oxygen atoms in total. The van der Waals surface area contributed by atoms with Crippen LogP contribution in [0.2, 0.25) is 0 Å². The standard InChI is InChI=1S/C13H19NO2/c1-3-16-13(15)5-4-10-14-12-8-6-11(2)7-9-12/h6-9,14H,3-5,10H2,1-2H3. The Morgan fingerprint density at radius 3 is 2.62 bits per heavy atom. The summed E-state index contributed by atoms with van der Waals surface area (Å²) in [6, 6.07) is 8.21. The third kappa shape index (κ3) is 4.82. The van der Waals surface area contributed by atoms with Crippen molar-refractivity contribution < 1.29 is 9.53 Å². The van der Waals surface area contributed by atoms with Gasteiger partial charge in [0.1, 0.15) is 0 Å². The lowest BCUT2D eigenvalue weighted by Gasteiger charge is -2.06. The molecular weight excluding hydrogens is 202 g/mol. The average molecular weight is 221 g/mol. The second-order valence-electron chi connectivity index (χ2n) is 3.70. The topological polar surface area (TPSA) is 38.3 Å². The van der Waals surface area contributed by atoms with Gasteiger partial charge in [-0.05, 0) is 32.4 Å². The van der Waals surface area contributed by atoms with Crippen LogP contribution in [0, 0.1) is 6.92 Å². The van der Waals surface area contributed by atoms with Gasteiger partial charge in [-0.15, -0.1) is 0 Å². The molecule has 3 heteroatoms. The van der Waals surface area contributed by atoms with Gasteiger partial charge in [-0.3, -0.25) is 4.79 Å². The Balaban J connectivity index is 2.16. The van der Waals surface area contributed by atoms with Crippen LogP contribution in [0.25, 0.3) is 0 Å². The summed E-state index contributed by atoms with van der Waals surface area (Å²) >= 11 is 0. The van der Waals surface area contributed by atoms with E-state index in [1.54, 1.807) is 0 Å². The first-order valence-electron chi connectivity index (χ1n) is 5.68. The van der Waals surface area contributed by atoms with E-state index in [4.69, 9.17) is 4.74 Å². The number of anilines is 1. The summed E-state index contributed by atoms with van der Waals surface area (Å²) in [5.74, 6) is -0.117. The van der Waals surface area contributed by atoms with E-state index >= 15 is 0 Å². The fraction of sp³-hybridized carbons (Fsp3) is 0.462. The molecule has 0 aliphatic heterocycles. The molecule has 0 radical (unpaired) electrons. The minimum Gasteiger partial charge on any atom is -0.466 e. The Hall–Kier alpha value is -1.51. The maximum absolute atomic E-state index is 11.0. The molecule has 0 saturated carbocycles. The summed E-state index contributed by atoms with van der Waals surface area (Å²) in [6.07, 6.45) is 1.28. The van der Waals surface area contributed by atoms with Crippen LogP contribution < -0.4 is 5.32 Å². The molecule has 1 aromatic carbocycles. The van der Waals surface area contributed by atoms with E-state index in [9.17, 15) is 4.79 Å². The predicted molar refractivity (Wildman–Crippen MR) is 65.5 cm³/mol. The van der Waals surface area contributed by atoms with Crippen molar-refractivity contribution in [2.75, 3.05) is 18.5 Å². The Morgan fingerprint density at radius 1 is 1.31 bits per heavy atom. The van der Waals surface area contributed by atoms with E-state index in [1.165, 1.54) is 5.56 Å². The maximum atomic E-state index is 11.0. The zero-order chi connectivity index (χ0) is 11.8. The third-order valence-electron chi connectivity index (χ3n) is 2.24. The molecule has 0 spiro atoms. The molecule has 0 bridgehead atoms. The van der Waals surface area contributed by atoms with Crippen molar-refractivity contribution >= 4 is 11.7 Å². The van der Waals surface area contributed by atoms with E-state index in [1.807, 2.05) is 19.1 Å². The van der Waals surface area contributed by atoms with Gasteiger partial charge in [0.05, 0.1) is 6.61 Å². The third-order valence-corrected chi connectivity index (χ3v) is 2.24. The number of nitrogens with one attached hydrogen (secondary N) is 1. The molecule has 1 aromatic rings. The number of benzene rings is 1. The number of rotatable bonds is 6. The Kier molecular flexibility index (Phi) is 5.40. The molecule has 0 aliphatic rings. The Bertz CT molecular complexity index is 319. The minimum atomic E-state index is -0.117. The van der Waals surface area contributed by atoms with E-state index in [-0.39, 0.29) is 5.97 Å². The highest BCUT2D eigenvalue weighted by Gasteiger charge is 2.00. The summed E-state index contributed by atoms with van der Waals surface area (Å²) in [7, 11) is 0. The molecule has 0 unspecified atom stereocenters. The molecule has 0 aliphatic carbocycles. The highest BCUT2D eigenvalue weighted by atomic mass is 16.5. The van der Waals surface area contributed by atoms with Crippen molar-refractivity contribution in [2.45, 2.75) is 26.7 Å². The van der Waals surface area contributed by atoms with Crippen LogP contribution in [0.4, 0.5) is 5.69 Å². The first-order chi connectivity index (χ1) is 7.72. The van der Waals surface area contributed by atoms with Gasteiger partial charge in [0, 0.05) is 18.7 Å². The van der Waals surface area contributed by atoms with Crippen molar-refractivity contribution in [2.24, 2.45) is 0 Å². The SMILES string of the molecule is CCOC(=O)CCCNc1ccc(C)cc1. The van der Waals surface area contributed by atoms with E-state index < -0.39 is 0 Å². The largest absolute Gasteiger partial charge is 0.466 e. The summed E-state index contributed by atoms with van der Waals surface area (Å²) in [5, 5.41) is 3.26. The van der Waals surface area contributed by atoms with Crippen LogP contribution in [0.3, 0.4) is 0 Å². The highest BCUT2D eigenvalue weighted by Crippen LogP contribution is 2.08. The number of carbonyl (C=O) groups excluding carboxylic acids is 1. The molecule has 0 amide bonds. The minimum absolute atomic E-state index is 0.117. The summed E-state index contributed by atoms with van der Waals surface area (Å²) in [5.41, 5.74) is 2.34. The summed E-state index contributed by atoms with van der Waals surface area (Å²) in [4.78, 5) is 11.0. The van der Waals surface area contributed by atoms with Gasteiger partial charge in [0.2, 0.25) is 0 Å². The van der Waals surface area contributed by atoms with Crippen LogP contribution in [0.5, 0.6) is 0 Å². The molecular formula is C13H19NO2. The van der Waals surface area contributed by atoms with Crippen LogP contribution in [-0.2, 0) is 9.53 Å². The van der Waals surface area contributed by atoms with Crippen molar-refractivity contribution in [3.63, 3.8) is 0 Å². The van der Waals surface area contributed by atoms with E-state index in [0.717, 1.165) is 18.7 Å². The predicted octanol–water partition coefficient (Wildman–Crippen LogP) is 2.75. The zero-order valence-corrected chi connectivity index (χ0v) is 9.95. The Labute approximate surface area is 96.8 Å². The first kappa shape index (κ1) is 12.6. The normalized spacial score (nSPS) is 9.88. The number of carbonyl (C=O) groups is 1. The second-order valence-corrected chi connectivity index (χ2v) is 3.70. The first-order valence-corrected chi connectivity index (χ1v) is 5.68. The molecule has 0 atom stereocenters. The van der Waals surface area contributed by atoms with Gasteiger partial charge >= 0.3 is 5.97 Å². The molecule has 1 rings (SSSR count). The molecule has 0 fully saturated rings. The smallest absolute Gasteiger partial charge is 0.305 e. The number of hydrogen-bond acceptors (Lipinski definition) is 3. The van der Waals surface area contributed by atoms with Gasteiger partial charge in [0.15, 0.2) is 0 Å². The Morgan fingerprint density at radius 2 is 2.00 bits per heavy atom. The maximum Gasteiger partial charge on any atom is 0.305 e. The van der Waals surface area contributed by atoms with Crippen molar-refractivity contribution in [1.82, 2.24) is 0 Å². The van der Waals surface area contributed by atoms with Gasteiger partial charge in [-0.25, -0.2) is 0 Å². The highest BCUT2D eigenvalue weighted by molar-refractivity contribution is 5.69. The van der Waals surface area contributed by atoms with Crippen molar-refractivity contribution in [3.05, 3.63) is 29.8 Å². The van der Waals surface area contributed by atoms with Crippen LogP contribution >= 0.6 is 0 Å². The van der Waals surface area contributed by atoms with Crippen LogP contribution in [-0.4, -0.2) is 19.1 Å². The van der Waals surface area contributed by atoms with Gasteiger partial charge in [0.25, 0.3) is 0 Å². The number of ether oxygens (including phenoxy) is 1. The number of esters is 1. The monoisotopic (exact) mass is 221 g/mol. The van der Waals surface area contributed by atoms with Gasteiger partial charge < -0.3 is 10.1 Å². The molecule has 0 heterocycles. The lowest BCUT2D eigenvalue weighted by atomic mass is 10.2. The summed E-state index contributed by atoms with van der Waals surface area (Å²) < 4.78 is 4.84. The number of aryl methyl sites for hydroxylation is 1. The number of hydrogen-bond donors (Lipinski definition) is 1. The van der Waals surface area contributed by atoms with Crippen molar-refractivity contribution in [1.29, 1.82) is 0 Å². The lowest BCUT2D eigenvalue weighted by molar-refractivity contribution is -0.143. The lowest BCUT2D eigenvalue weighted by Crippen LogP contribution is -2.08. The molecule has 88 valence electrons. The molecule has 16 heavy (non-hydrogen) atoms. The second kappa shape index (κ2) is 6.88. The summed E-state index contributed by atoms with van der Waals surface area (Å²) in [6.45, 7) is 5.14. The van der Waals surface area contributed by atoms with Crippen LogP contribution in [0.15, 0.2) is 24.3 Å². The quantitative estimate of drug-likeness (QED) is 0.593. The van der Waals surface area contributed by atoms with Crippen molar-refractivity contribution in [3.8, 4) is 0 Å². The van der Waals surface area contributed by atoms with Crippen LogP contribution in [0.1, 0.15) is 25.3 Å². The fourth-order valence-corrected chi connectivity index (χ4v) is 1.37. The average Bonchev–Trinajstić information content (AvgIpc) is 2.27. The molecule has 0 aromatic heterocycles. The van der Waals surface area contributed by atoms with Gasteiger partial charge in [-0.1, -0.05) is 17.7 Å². The van der Waals surface area contributed by atoms with Gasteiger partial charge in [-0.2, -0.15) is 0 Å². The van der Waals surface area contributed by atoms with E-state index in [0.29, 0.717) is 13.0 Å². The molecule has 1 N–H and O–H groups in total. The van der Waals surface area contributed by atoms with E-state index in [2.05, 4.69) is 24.4 Å². The fourth-order valence-electron chi connectivity index (χ4n) is 1.37. The molecule has 0 saturated heterocycles. The zero-order valence-electron chi connectivity index (χ0n) is 9.95.